The highest BCUT2D eigenvalue weighted by Crippen LogP contribution is 2.33. The maximum atomic E-state index is 13.9. The highest BCUT2D eigenvalue weighted by atomic mass is 16.5. The summed E-state index contributed by atoms with van der Waals surface area (Å²) in [6.07, 6.45) is 8.81. The average molecular weight is 466 g/mol. The smallest absolute Gasteiger partial charge is 0.271 e. The Kier molecular flexibility index (Phi) is 8.09. The average Bonchev–Trinajstić information content (AvgIpc) is 3.24. The predicted octanol–water partition coefficient (Wildman–Crippen LogP) is 5.03. The van der Waals surface area contributed by atoms with Crippen molar-refractivity contribution >= 4 is 11.8 Å². The van der Waals surface area contributed by atoms with Crippen LogP contribution in [0.1, 0.15) is 75.7 Å². The molecule has 1 saturated carbocycles. The monoisotopic (exact) mass is 465 g/mol. The van der Waals surface area contributed by atoms with Crippen molar-refractivity contribution in [3.8, 4) is 11.3 Å². The zero-order chi connectivity index (χ0) is 24.0. The minimum absolute atomic E-state index is 0.0406. The lowest BCUT2D eigenvalue weighted by atomic mass is 9.91. The molecule has 1 aromatic carbocycles. The molecule has 0 radical (unpaired) electrons. The van der Waals surface area contributed by atoms with Crippen molar-refractivity contribution in [2.45, 2.75) is 83.3 Å². The Bertz CT molecular complexity index is 963. The van der Waals surface area contributed by atoms with E-state index in [0.717, 1.165) is 36.9 Å². The molecule has 1 N–H and O–H groups in total. The first kappa shape index (κ1) is 24.5. The molecule has 1 aliphatic carbocycles. The summed E-state index contributed by atoms with van der Waals surface area (Å²) >= 11 is 0. The van der Waals surface area contributed by atoms with E-state index in [4.69, 9.17) is 4.74 Å². The summed E-state index contributed by atoms with van der Waals surface area (Å²) in [4.78, 5) is 29.4. The van der Waals surface area contributed by atoms with Gasteiger partial charge in [-0.05, 0) is 50.8 Å². The summed E-state index contributed by atoms with van der Waals surface area (Å²) in [7, 11) is 0. The van der Waals surface area contributed by atoms with Gasteiger partial charge in [0, 0.05) is 31.5 Å². The Morgan fingerprint density at radius 3 is 2.41 bits per heavy atom. The highest BCUT2D eigenvalue weighted by molar-refractivity contribution is 6.00. The number of nitrogens with one attached hydrogen (secondary N) is 1. The van der Waals surface area contributed by atoms with Gasteiger partial charge >= 0.3 is 0 Å². The molecule has 0 bridgehead atoms. The Balaban J connectivity index is 1.62. The maximum Gasteiger partial charge on any atom is 0.271 e. The Morgan fingerprint density at radius 2 is 1.71 bits per heavy atom. The fourth-order valence-electron chi connectivity index (χ4n) is 5.39. The molecular formula is C28H39N3O3. The van der Waals surface area contributed by atoms with Gasteiger partial charge in [0.05, 0.1) is 6.54 Å². The van der Waals surface area contributed by atoms with E-state index in [-0.39, 0.29) is 17.9 Å². The molecular weight excluding hydrogens is 426 g/mol. The molecule has 2 aromatic rings. The van der Waals surface area contributed by atoms with Crippen LogP contribution in [0.2, 0.25) is 0 Å². The van der Waals surface area contributed by atoms with Gasteiger partial charge in [-0.2, -0.15) is 0 Å². The van der Waals surface area contributed by atoms with Crippen molar-refractivity contribution in [3.63, 3.8) is 0 Å². The van der Waals surface area contributed by atoms with E-state index in [1.807, 2.05) is 60.9 Å². The number of carbonyl (C=O) groups is 2. The Morgan fingerprint density at radius 1 is 1.03 bits per heavy atom. The molecule has 1 atom stereocenters. The summed E-state index contributed by atoms with van der Waals surface area (Å²) in [6.45, 7) is 6.07. The first-order valence-electron chi connectivity index (χ1n) is 13.0. The molecule has 6 nitrogen and oxygen atoms in total. The number of hydrogen-bond donors (Lipinski definition) is 1. The molecule has 1 fully saturated rings. The summed E-state index contributed by atoms with van der Waals surface area (Å²) in [5.74, 6) is -0.124. The van der Waals surface area contributed by atoms with Crippen LogP contribution in [0.15, 0.2) is 42.5 Å². The summed E-state index contributed by atoms with van der Waals surface area (Å²) < 4.78 is 7.56. The summed E-state index contributed by atoms with van der Waals surface area (Å²) in [5.41, 5.74) is 1.71. The van der Waals surface area contributed by atoms with E-state index in [9.17, 15) is 9.59 Å². The standard InChI is InChI=1S/C28H39N3O3/c1-3-34-20-12-19-31-26(32)25-18-17-24(22-13-8-7-9-14-22)30(25)21-28(31,2)27(33)29-23-15-10-5-4-6-11-16-23/h7-9,13-14,17-18,23H,3-6,10-12,15-16,19-21H2,1-2H3,(H,29,33)/t28-/m0/s1. The van der Waals surface area contributed by atoms with Gasteiger partial charge in [0.1, 0.15) is 11.2 Å². The lowest BCUT2D eigenvalue weighted by molar-refractivity contribution is -0.133. The number of rotatable bonds is 8. The number of benzene rings is 1. The Hall–Kier alpha value is -2.60. The lowest BCUT2D eigenvalue weighted by Gasteiger charge is -2.45. The van der Waals surface area contributed by atoms with Gasteiger partial charge in [-0.15, -0.1) is 0 Å². The largest absolute Gasteiger partial charge is 0.382 e. The van der Waals surface area contributed by atoms with Crippen molar-refractivity contribution in [2.75, 3.05) is 19.8 Å². The maximum absolute atomic E-state index is 13.9. The third-order valence-electron chi connectivity index (χ3n) is 7.38. The summed E-state index contributed by atoms with van der Waals surface area (Å²) in [5, 5.41) is 3.35. The molecule has 0 saturated heterocycles. The quantitative estimate of drug-likeness (QED) is 0.557. The summed E-state index contributed by atoms with van der Waals surface area (Å²) in [6, 6.07) is 14.2. The van der Waals surface area contributed by atoms with Crippen LogP contribution in [0.25, 0.3) is 11.3 Å². The molecule has 1 aliphatic heterocycles. The van der Waals surface area contributed by atoms with Crippen LogP contribution >= 0.6 is 0 Å². The van der Waals surface area contributed by atoms with Crippen LogP contribution in [0.5, 0.6) is 0 Å². The molecule has 6 heteroatoms. The second kappa shape index (κ2) is 11.2. The van der Waals surface area contributed by atoms with Crippen LogP contribution in [-0.4, -0.2) is 52.6 Å². The number of nitrogens with zero attached hydrogens (tertiary/aromatic N) is 2. The van der Waals surface area contributed by atoms with Crippen LogP contribution in [-0.2, 0) is 16.1 Å². The molecule has 1 aromatic heterocycles. The van der Waals surface area contributed by atoms with Gasteiger partial charge in [-0.1, -0.05) is 62.4 Å². The van der Waals surface area contributed by atoms with Crippen molar-refractivity contribution in [1.82, 2.24) is 14.8 Å². The number of amides is 2. The van der Waals surface area contributed by atoms with Crippen molar-refractivity contribution < 1.29 is 14.3 Å². The minimum Gasteiger partial charge on any atom is -0.382 e. The number of hydrogen-bond acceptors (Lipinski definition) is 3. The number of fused-ring (bicyclic) bond motifs is 1. The minimum atomic E-state index is -0.957. The van der Waals surface area contributed by atoms with E-state index in [2.05, 4.69) is 5.32 Å². The van der Waals surface area contributed by atoms with Gasteiger partial charge in [-0.25, -0.2) is 0 Å². The van der Waals surface area contributed by atoms with Crippen molar-refractivity contribution in [3.05, 3.63) is 48.2 Å². The molecule has 2 heterocycles. The molecule has 2 amide bonds. The van der Waals surface area contributed by atoms with Crippen LogP contribution < -0.4 is 5.32 Å². The van der Waals surface area contributed by atoms with Crippen LogP contribution in [0, 0.1) is 0 Å². The number of ether oxygens (including phenoxy) is 1. The number of aromatic nitrogens is 1. The number of carbonyl (C=O) groups excluding carboxylic acids is 2. The van der Waals surface area contributed by atoms with Gasteiger partial charge in [-0.3, -0.25) is 9.59 Å². The van der Waals surface area contributed by atoms with Crippen LogP contribution in [0.3, 0.4) is 0 Å². The van der Waals surface area contributed by atoms with E-state index in [1.54, 1.807) is 4.90 Å². The third kappa shape index (κ3) is 5.22. The van der Waals surface area contributed by atoms with E-state index in [0.29, 0.717) is 38.4 Å². The third-order valence-corrected chi connectivity index (χ3v) is 7.38. The highest BCUT2D eigenvalue weighted by Gasteiger charge is 2.47. The van der Waals surface area contributed by atoms with Gasteiger partial charge in [0.25, 0.3) is 5.91 Å². The first-order chi connectivity index (χ1) is 16.5. The first-order valence-corrected chi connectivity index (χ1v) is 13.0. The zero-order valence-electron chi connectivity index (χ0n) is 20.7. The second-order valence-corrected chi connectivity index (χ2v) is 9.85. The van der Waals surface area contributed by atoms with Crippen LogP contribution in [0.4, 0.5) is 0 Å². The second-order valence-electron chi connectivity index (χ2n) is 9.85. The van der Waals surface area contributed by atoms with Crippen molar-refractivity contribution in [1.29, 1.82) is 0 Å². The van der Waals surface area contributed by atoms with Gasteiger partial charge in [0.2, 0.25) is 5.91 Å². The molecule has 2 aliphatic rings. The SMILES string of the molecule is CCOCCCN1C(=O)c2ccc(-c3ccccc3)n2C[C@@]1(C)C(=O)NC1CCCCCCC1. The fourth-order valence-corrected chi connectivity index (χ4v) is 5.39. The zero-order valence-corrected chi connectivity index (χ0v) is 20.7. The topological polar surface area (TPSA) is 63.6 Å². The molecule has 34 heavy (non-hydrogen) atoms. The normalized spacial score (nSPS) is 21.6. The lowest BCUT2D eigenvalue weighted by Crippen LogP contribution is -2.65. The Labute approximate surface area is 203 Å². The molecule has 184 valence electrons. The predicted molar refractivity (Wildman–Crippen MR) is 135 cm³/mol. The molecule has 4 rings (SSSR count). The van der Waals surface area contributed by atoms with Gasteiger partial charge in [0.15, 0.2) is 0 Å². The van der Waals surface area contributed by atoms with E-state index < -0.39 is 5.54 Å². The van der Waals surface area contributed by atoms with Crippen molar-refractivity contribution in [2.24, 2.45) is 0 Å². The van der Waals surface area contributed by atoms with Gasteiger partial charge < -0.3 is 19.5 Å². The van der Waals surface area contributed by atoms with E-state index in [1.165, 1.54) is 19.3 Å². The molecule has 0 unspecified atom stereocenters. The van der Waals surface area contributed by atoms with E-state index >= 15 is 0 Å². The fraction of sp³-hybridized carbons (Fsp3) is 0.571. The molecule has 0 spiro atoms.